The number of rotatable bonds is 5. The first-order valence-corrected chi connectivity index (χ1v) is 6.54. The Labute approximate surface area is 118 Å². The van der Waals surface area contributed by atoms with E-state index < -0.39 is 0 Å². The molecule has 0 bridgehead atoms. The van der Waals surface area contributed by atoms with Crippen molar-refractivity contribution in [2.75, 3.05) is 40.0 Å². The Morgan fingerprint density at radius 2 is 2.20 bits per heavy atom. The number of ether oxygens (including phenoxy) is 2. The average molecular weight is 277 g/mol. The molecule has 0 atom stereocenters. The van der Waals surface area contributed by atoms with E-state index in [1.54, 1.807) is 13.3 Å². The zero-order valence-corrected chi connectivity index (χ0v) is 11.5. The lowest BCUT2D eigenvalue weighted by atomic mass is 10.2. The highest BCUT2D eigenvalue weighted by Crippen LogP contribution is 2.14. The van der Waals surface area contributed by atoms with Crippen molar-refractivity contribution in [2.45, 2.75) is 0 Å². The third-order valence-electron chi connectivity index (χ3n) is 3.00. The molecule has 20 heavy (non-hydrogen) atoms. The number of carbonyl (C=O) groups is 1. The largest absolute Gasteiger partial charge is 0.496 e. The molecule has 0 radical (unpaired) electrons. The predicted octanol–water partition coefficient (Wildman–Crippen LogP) is 0.477. The second-order valence-electron chi connectivity index (χ2n) is 4.42. The molecule has 0 spiro atoms. The lowest BCUT2D eigenvalue weighted by molar-refractivity contribution is -0.123. The summed E-state index contributed by atoms with van der Waals surface area (Å²) in [7, 11) is 1.60. The minimum absolute atomic E-state index is 0.127. The molecule has 1 aromatic carbocycles. The fourth-order valence-electron chi connectivity index (χ4n) is 1.94. The van der Waals surface area contributed by atoms with E-state index in [1.807, 2.05) is 29.2 Å². The third kappa shape index (κ3) is 4.32. The number of amides is 1. The summed E-state index contributed by atoms with van der Waals surface area (Å²) in [6.07, 6.45) is 1.58. The van der Waals surface area contributed by atoms with E-state index in [2.05, 4.69) is 10.5 Å². The van der Waals surface area contributed by atoms with Crippen LogP contribution in [0.2, 0.25) is 0 Å². The number of methoxy groups -OCH3 is 1. The summed E-state index contributed by atoms with van der Waals surface area (Å²) in [6, 6.07) is 7.49. The van der Waals surface area contributed by atoms with E-state index in [4.69, 9.17) is 9.47 Å². The molecular weight excluding hydrogens is 258 g/mol. The second-order valence-corrected chi connectivity index (χ2v) is 4.42. The molecule has 1 amide bonds. The van der Waals surface area contributed by atoms with Crippen LogP contribution in [0.25, 0.3) is 0 Å². The second kappa shape index (κ2) is 7.62. The van der Waals surface area contributed by atoms with Crippen molar-refractivity contribution >= 4 is 12.1 Å². The Hall–Kier alpha value is -1.92. The van der Waals surface area contributed by atoms with Gasteiger partial charge >= 0.3 is 0 Å². The molecule has 108 valence electrons. The van der Waals surface area contributed by atoms with Gasteiger partial charge in [-0.05, 0) is 12.1 Å². The molecule has 0 saturated carbocycles. The first-order valence-electron chi connectivity index (χ1n) is 6.54. The van der Waals surface area contributed by atoms with Crippen molar-refractivity contribution in [3.63, 3.8) is 0 Å². The number of morpholine rings is 1. The molecule has 1 aromatic rings. The summed E-state index contributed by atoms with van der Waals surface area (Å²) in [5.41, 5.74) is 3.34. The molecule has 1 aliphatic heterocycles. The Balaban J connectivity index is 1.81. The van der Waals surface area contributed by atoms with E-state index in [1.165, 1.54) is 0 Å². The molecule has 0 unspecified atom stereocenters. The van der Waals surface area contributed by atoms with Crippen LogP contribution in [0.5, 0.6) is 5.75 Å². The van der Waals surface area contributed by atoms with Gasteiger partial charge < -0.3 is 9.47 Å². The number of hydrazone groups is 1. The van der Waals surface area contributed by atoms with Crippen LogP contribution in [0.3, 0.4) is 0 Å². The topological polar surface area (TPSA) is 63.2 Å². The Morgan fingerprint density at radius 3 is 2.95 bits per heavy atom. The molecule has 0 aromatic heterocycles. The maximum absolute atomic E-state index is 11.7. The van der Waals surface area contributed by atoms with Gasteiger partial charge in [0.05, 0.1) is 33.1 Å². The van der Waals surface area contributed by atoms with Gasteiger partial charge in [-0.3, -0.25) is 9.69 Å². The van der Waals surface area contributed by atoms with Crippen LogP contribution >= 0.6 is 0 Å². The summed E-state index contributed by atoms with van der Waals surface area (Å²) in [4.78, 5) is 13.8. The monoisotopic (exact) mass is 277 g/mol. The van der Waals surface area contributed by atoms with Gasteiger partial charge in [-0.25, -0.2) is 5.43 Å². The van der Waals surface area contributed by atoms with E-state index in [0.29, 0.717) is 19.8 Å². The Morgan fingerprint density at radius 1 is 1.45 bits per heavy atom. The summed E-state index contributed by atoms with van der Waals surface area (Å²) < 4.78 is 10.4. The van der Waals surface area contributed by atoms with Gasteiger partial charge in [0.2, 0.25) is 0 Å². The van der Waals surface area contributed by atoms with Crippen molar-refractivity contribution in [2.24, 2.45) is 5.10 Å². The molecule has 2 rings (SSSR count). The number of benzene rings is 1. The number of para-hydroxylation sites is 1. The first-order chi connectivity index (χ1) is 9.79. The predicted molar refractivity (Wildman–Crippen MR) is 76.0 cm³/mol. The van der Waals surface area contributed by atoms with Crippen molar-refractivity contribution in [1.82, 2.24) is 10.3 Å². The van der Waals surface area contributed by atoms with Crippen LogP contribution in [0.4, 0.5) is 0 Å². The number of nitrogens with zero attached hydrogens (tertiary/aromatic N) is 2. The lowest BCUT2D eigenvalue weighted by Crippen LogP contribution is -2.42. The summed E-state index contributed by atoms with van der Waals surface area (Å²) in [5, 5.41) is 3.95. The number of carbonyl (C=O) groups excluding carboxylic acids is 1. The van der Waals surface area contributed by atoms with Crippen LogP contribution in [0, 0.1) is 0 Å². The third-order valence-corrected chi connectivity index (χ3v) is 3.00. The van der Waals surface area contributed by atoms with E-state index >= 15 is 0 Å². The Kier molecular flexibility index (Phi) is 5.52. The van der Waals surface area contributed by atoms with Crippen molar-refractivity contribution in [3.8, 4) is 5.75 Å². The fraction of sp³-hybridized carbons (Fsp3) is 0.429. The maximum atomic E-state index is 11.7. The van der Waals surface area contributed by atoms with Gasteiger partial charge in [-0.1, -0.05) is 12.1 Å². The number of hydrogen-bond donors (Lipinski definition) is 1. The van der Waals surface area contributed by atoms with Crippen LogP contribution in [-0.2, 0) is 9.53 Å². The van der Waals surface area contributed by atoms with Gasteiger partial charge in [0.15, 0.2) is 0 Å². The summed E-state index contributed by atoms with van der Waals surface area (Å²) >= 11 is 0. The highest BCUT2D eigenvalue weighted by atomic mass is 16.5. The van der Waals surface area contributed by atoms with Crippen LogP contribution in [0.1, 0.15) is 5.56 Å². The molecule has 1 saturated heterocycles. The van der Waals surface area contributed by atoms with Gasteiger partial charge in [0, 0.05) is 18.7 Å². The van der Waals surface area contributed by atoms with Crippen LogP contribution in [-0.4, -0.2) is 57.0 Å². The molecule has 1 fully saturated rings. The van der Waals surface area contributed by atoms with Crippen molar-refractivity contribution < 1.29 is 14.3 Å². The standard InChI is InChI=1S/C14H19N3O3/c1-19-13-5-3-2-4-12(13)10-15-16-14(18)11-17-6-8-20-9-7-17/h2-5,10H,6-9,11H2,1H3,(H,16,18)/b15-10-. The van der Waals surface area contributed by atoms with Gasteiger partial charge in [-0.15, -0.1) is 0 Å². The highest BCUT2D eigenvalue weighted by Gasteiger charge is 2.13. The normalized spacial score (nSPS) is 16.2. The molecule has 1 N–H and O–H groups in total. The summed E-state index contributed by atoms with van der Waals surface area (Å²) in [5.74, 6) is 0.594. The van der Waals surface area contributed by atoms with E-state index in [0.717, 1.165) is 24.4 Å². The number of hydrogen-bond acceptors (Lipinski definition) is 5. The van der Waals surface area contributed by atoms with Gasteiger partial charge in [0.25, 0.3) is 5.91 Å². The zero-order chi connectivity index (χ0) is 14.2. The van der Waals surface area contributed by atoms with E-state index in [9.17, 15) is 4.79 Å². The first kappa shape index (κ1) is 14.5. The van der Waals surface area contributed by atoms with Crippen LogP contribution in [0.15, 0.2) is 29.4 Å². The molecular formula is C14H19N3O3. The number of nitrogens with one attached hydrogen (secondary N) is 1. The van der Waals surface area contributed by atoms with Crippen molar-refractivity contribution in [1.29, 1.82) is 0 Å². The molecule has 1 heterocycles. The van der Waals surface area contributed by atoms with E-state index in [-0.39, 0.29) is 5.91 Å². The molecule has 0 aliphatic carbocycles. The zero-order valence-electron chi connectivity index (χ0n) is 11.5. The van der Waals surface area contributed by atoms with Crippen LogP contribution < -0.4 is 10.2 Å². The summed E-state index contributed by atoms with van der Waals surface area (Å²) in [6.45, 7) is 3.26. The Bertz CT molecular complexity index is 470. The highest BCUT2D eigenvalue weighted by molar-refractivity contribution is 5.85. The fourth-order valence-corrected chi connectivity index (χ4v) is 1.94. The smallest absolute Gasteiger partial charge is 0.254 e. The van der Waals surface area contributed by atoms with Gasteiger partial charge in [-0.2, -0.15) is 5.10 Å². The average Bonchev–Trinajstić information content (AvgIpc) is 2.49. The van der Waals surface area contributed by atoms with Crippen molar-refractivity contribution in [3.05, 3.63) is 29.8 Å². The molecule has 6 heteroatoms. The molecule has 6 nitrogen and oxygen atoms in total. The lowest BCUT2D eigenvalue weighted by Gasteiger charge is -2.25. The minimum atomic E-state index is -0.127. The minimum Gasteiger partial charge on any atom is -0.496 e. The quantitative estimate of drug-likeness (QED) is 0.628. The maximum Gasteiger partial charge on any atom is 0.254 e. The van der Waals surface area contributed by atoms with Gasteiger partial charge in [0.1, 0.15) is 5.75 Å². The molecule has 1 aliphatic rings. The SMILES string of the molecule is COc1ccccc1/C=N\NC(=O)CN1CCOCC1.